The van der Waals surface area contributed by atoms with Crippen LogP contribution >= 0.6 is 0 Å². The first-order valence-corrected chi connectivity index (χ1v) is 7.62. The number of carboxylic acids is 1. The summed E-state index contributed by atoms with van der Waals surface area (Å²) in [6.07, 6.45) is -1.73. The maximum absolute atomic E-state index is 11.9. The average Bonchev–Trinajstić information content (AvgIpc) is 2.79. The van der Waals surface area contributed by atoms with Crippen molar-refractivity contribution in [3.8, 4) is 0 Å². The molecule has 23 heavy (non-hydrogen) atoms. The van der Waals surface area contributed by atoms with Crippen LogP contribution in [-0.4, -0.2) is 70.0 Å². The van der Waals surface area contributed by atoms with Gasteiger partial charge in [-0.05, 0) is 5.92 Å². The number of nitrogens with one attached hydrogen (secondary N) is 1. The van der Waals surface area contributed by atoms with Crippen LogP contribution in [0, 0.1) is 5.92 Å². The summed E-state index contributed by atoms with van der Waals surface area (Å²) in [5.41, 5.74) is 5.68. The summed E-state index contributed by atoms with van der Waals surface area (Å²) in [7, 11) is 0. The number of amides is 2. The maximum atomic E-state index is 11.9. The molecule has 2 aliphatic rings. The lowest BCUT2D eigenvalue weighted by atomic mass is 10.0. The molecule has 130 valence electrons. The molecular formula is C14H23N3O6. The van der Waals surface area contributed by atoms with Crippen molar-refractivity contribution in [2.75, 3.05) is 6.54 Å². The predicted octanol–water partition coefficient (Wildman–Crippen LogP) is -1.75. The van der Waals surface area contributed by atoms with Gasteiger partial charge in [-0.1, -0.05) is 13.8 Å². The number of aliphatic hydroxyl groups excluding tert-OH is 1. The molecule has 5 atom stereocenters. The Bertz CT molecular complexity index is 497. The standard InChI is InChI=1S/C14H23N3O6/c1-6(2)11(15)13(20)16-12(14(21)22)8(18)3-7-5-17-9(19)4-10(17)23-7/h6-8,10-12,18H,3-5,15H2,1-2H3,(H,16,20)(H,21,22)/t7-,8?,10-,11-,12?/m0/s1. The van der Waals surface area contributed by atoms with E-state index in [1.165, 1.54) is 0 Å². The number of hydrogen-bond acceptors (Lipinski definition) is 6. The van der Waals surface area contributed by atoms with Crippen molar-refractivity contribution in [3.63, 3.8) is 0 Å². The molecule has 2 fully saturated rings. The highest BCUT2D eigenvalue weighted by atomic mass is 16.5. The first-order chi connectivity index (χ1) is 10.7. The van der Waals surface area contributed by atoms with Crippen LogP contribution in [0.4, 0.5) is 0 Å². The van der Waals surface area contributed by atoms with Gasteiger partial charge in [0.2, 0.25) is 11.8 Å². The van der Waals surface area contributed by atoms with Crippen LogP contribution in [0.15, 0.2) is 0 Å². The summed E-state index contributed by atoms with van der Waals surface area (Å²) in [5, 5.41) is 21.6. The van der Waals surface area contributed by atoms with Crippen molar-refractivity contribution in [1.29, 1.82) is 0 Å². The number of aliphatic carboxylic acids is 1. The average molecular weight is 329 g/mol. The summed E-state index contributed by atoms with van der Waals surface area (Å²) < 4.78 is 5.54. The van der Waals surface area contributed by atoms with Gasteiger partial charge in [0.1, 0.15) is 6.23 Å². The first kappa shape index (κ1) is 17.6. The highest BCUT2D eigenvalue weighted by Crippen LogP contribution is 2.30. The number of nitrogens with two attached hydrogens (primary N) is 1. The van der Waals surface area contributed by atoms with Gasteiger partial charge in [0.15, 0.2) is 6.04 Å². The van der Waals surface area contributed by atoms with Crippen molar-refractivity contribution in [1.82, 2.24) is 10.2 Å². The van der Waals surface area contributed by atoms with E-state index in [2.05, 4.69) is 5.32 Å². The summed E-state index contributed by atoms with van der Waals surface area (Å²) in [6, 6.07) is -2.33. The molecule has 2 saturated heterocycles. The van der Waals surface area contributed by atoms with Crippen LogP contribution < -0.4 is 11.1 Å². The Labute approximate surface area is 133 Å². The van der Waals surface area contributed by atoms with Gasteiger partial charge < -0.3 is 30.9 Å². The number of ether oxygens (including phenoxy) is 1. The van der Waals surface area contributed by atoms with Gasteiger partial charge in [-0.3, -0.25) is 9.59 Å². The van der Waals surface area contributed by atoms with Gasteiger partial charge in [0.05, 0.1) is 24.7 Å². The molecule has 0 aromatic heterocycles. The summed E-state index contributed by atoms with van der Waals surface area (Å²) in [5.74, 6) is -2.15. The predicted molar refractivity (Wildman–Crippen MR) is 78.0 cm³/mol. The van der Waals surface area contributed by atoms with Gasteiger partial charge in [0.25, 0.3) is 0 Å². The Balaban J connectivity index is 1.91. The van der Waals surface area contributed by atoms with Crippen LogP contribution in [-0.2, 0) is 19.1 Å². The van der Waals surface area contributed by atoms with Crippen molar-refractivity contribution in [3.05, 3.63) is 0 Å². The molecule has 0 spiro atoms. The maximum Gasteiger partial charge on any atom is 0.328 e. The van der Waals surface area contributed by atoms with Gasteiger partial charge in [-0.2, -0.15) is 0 Å². The molecule has 9 heteroatoms. The largest absolute Gasteiger partial charge is 0.480 e. The van der Waals surface area contributed by atoms with Crippen molar-refractivity contribution < 1.29 is 29.3 Å². The molecule has 0 bridgehead atoms. The first-order valence-electron chi connectivity index (χ1n) is 7.62. The van der Waals surface area contributed by atoms with E-state index in [9.17, 15) is 24.6 Å². The Kier molecular flexibility index (Phi) is 5.23. The van der Waals surface area contributed by atoms with E-state index in [4.69, 9.17) is 10.5 Å². The van der Waals surface area contributed by atoms with Gasteiger partial charge in [-0.15, -0.1) is 0 Å². The monoisotopic (exact) mass is 329 g/mol. The van der Waals surface area contributed by atoms with E-state index in [1.54, 1.807) is 18.7 Å². The second kappa shape index (κ2) is 6.81. The van der Waals surface area contributed by atoms with Crippen LogP contribution in [0.5, 0.6) is 0 Å². The van der Waals surface area contributed by atoms with E-state index >= 15 is 0 Å². The van der Waals surface area contributed by atoms with E-state index < -0.39 is 36.2 Å². The zero-order valence-electron chi connectivity index (χ0n) is 13.1. The third-order valence-corrected chi connectivity index (χ3v) is 4.24. The molecule has 2 amide bonds. The van der Waals surface area contributed by atoms with E-state index in [1.807, 2.05) is 0 Å². The van der Waals surface area contributed by atoms with Crippen molar-refractivity contribution in [2.45, 2.75) is 57.2 Å². The van der Waals surface area contributed by atoms with Crippen LogP contribution in [0.25, 0.3) is 0 Å². The molecular weight excluding hydrogens is 306 g/mol. The molecule has 2 rings (SSSR count). The van der Waals surface area contributed by atoms with Crippen molar-refractivity contribution in [2.24, 2.45) is 11.7 Å². The molecule has 2 unspecified atom stereocenters. The highest BCUT2D eigenvalue weighted by molar-refractivity contribution is 5.87. The second-order valence-corrected chi connectivity index (χ2v) is 6.36. The quantitative estimate of drug-likeness (QED) is 0.406. The molecule has 5 N–H and O–H groups in total. The van der Waals surface area contributed by atoms with Crippen LogP contribution in [0.1, 0.15) is 26.7 Å². The summed E-state index contributed by atoms with van der Waals surface area (Å²) >= 11 is 0. The highest BCUT2D eigenvalue weighted by Gasteiger charge is 2.46. The van der Waals surface area contributed by atoms with Gasteiger partial charge >= 0.3 is 5.97 Å². The lowest BCUT2D eigenvalue weighted by Gasteiger charge is -2.31. The smallest absolute Gasteiger partial charge is 0.328 e. The Morgan fingerprint density at radius 2 is 2.13 bits per heavy atom. The van der Waals surface area contributed by atoms with Gasteiger partial charge in [-0.25, -0.2) is 4.79 Å². The number of carbonyl (C=O) groups is 3. The minimum absolute atomic E-state index is 0.00838. The minimum atomic E-state index is -1.47. The molecule has 0 aromatic rings. The lowest BCUT2D eigenvalue weighted by Crippen LogP contribution is -2.55. The fourth-order valence-electron chi connectivity index (χ4n) is 2.66. The number of nitrogens with zero attached hydrogens (tertiary/aromatic N) is 1. The number of rotatable bonds is 7. The molecule has 0 radical (unpaired) electrons. The van der Waals surface area contributed by atoms with E-state index in [0.29, 0.717) is 13.0 Å². The number of β-lactam (4-membered cyclic amide) rings is 1. The number of hydrogen-bond donors (Lipinski definition) is 4. The topological polar surface area (TPSA) is 142 Å². The molecule has 9 nitrogen and oxygen atoms in total. The normalized spacial score (nSPS) is 27.2. The zero-order chi connectivity index (χ0) is 17.3. The molecule has 0 aromatic carbocycles. The fraction of sp³-hybridized carbons (Fsp3) is 0.786. The molecule has 2 heterocycles. The SMILES string of the molecule is CC(C)[C@H](N)C(=O)NC(C(=O)O)C(O)C[C@H]1CN2C(=O)C[C@@H]2O1. The summed E-state index contributed by atoms with van der Waals surface area (Å²) in [4.78, 5) is 36.0. The number of aliphatic hydroxyl groups is 1. The molecule has 0 aliphatic carbocycles. The van der Waals surface area contributed by atoms with E-state index in [0.717, 1.165) is 0 Å². The van der Waals surface area contributed by atoms with Crippen molar-refractivity contribution >= 4 is 17.8 Å². The van der Waals surface area contributed by atoms with Crippen LogP contribution in [0.3, 0.4) is 0 Å². The second-order valence-electron chi connectivity index (χ2n) is 6.36. The summed E-state index contributed by atoms with van der Waals surface area (Å²) in [6.45, 7) is 3.81. The Hall–Kier alpha value is -1.71. The number of carboxylic acid groups (broad SMARTS) is 1. The molecule has 0 saturated carbocycles. The number of fused-ring (bicyclic) bond motifs is 1. The fourth-order valence-corrected chi connectivity index (χ4v) is 2.66. The third kappa shape index (κ3) is 3.80. The van der Waals surface area contributed by atoms with Crippen LogP contribution in [0.2, 0.25) is 0 Å². The zero-order valence-corrected chi connectivity index (χ0v) is 13.1. The van der Waals surface area contributed by atoms with E-state index in [-0.39, 0.29) is 24.5 Å². The third-order valence-electron chi connectivity index (χ3n) is 4.24. The molecule has 2 aliphatic heterocycles. The Morgan fingerprint density at radius 1 is 1.48 bits per heavy atom. The minimum Gasteiger partial charge on any atom is -0.480 e. The number of carbonyl (C=O) groups excluding carboxylic acids is 2. The Morgan fingerprint density at radius 3 is 2.61 bits per heavy atom. The lowest BCUT2D eigenvalue weighted by molar-refractivity contribution is -0.157. The van der Waals surface area contributed by atoms with Gasteiger partial charge in [0, 0.05) is 13.0 Å².